The van der Waals surface area contributed by atoms with Crippen LogP contribution in [0.5, 0.6) is 0 Å². The number of hydrogen-bond donors (Lipinski definition) is 3. The quantitative estimate of drug-likeness (QED) is 0.561. The maximum absolute atomic E-state index is 12.9. The average Bonchev–Trinajstić information content (AvgIpc) is 3.00. The van der Waals surface area contributed by atoms with E-state index in [4.69, 9.17) is 4.42 Å². The van der Waals surface area contributed by atoms with Crippen molar-refractivity contribution in [2.45, 2.75) is 32.9 Å². The van der Waals surface area contributed by atoms with Crippen LogP contribution in [0.1, 0.15) is 43.1 Å². The lowest BCUT2D eigenvalue weighted by molar-refractivity contribution is 0.187. The Kier molecular flexibility index (Phi) is 6.37. The Hall–Kier alpha value is -2.34. The van der Waals surface area contributed by atoms with Gasteiger partial charge in [-0.3, -0.25) is 4.99 Å². The molecule has 0 aliphatic rings. The highest BCUT2D eigenvalue weighted by Crippen LogP contribution is 2.16. The Morgan fingerprint density at radius 3 is 2.54 bits per heavy atom. The average molecular weight is 333 g/mol. The second-order valence-corrected chi connectivity index (χ2v) is 5.60. The predicted molar refractivity (Wildman–Crippen MR) is 92.3 cm³/mol. The molecule has 0 amide bonds. The summed E-state index contributed by atoms with van der Waals surface area (Å²) in [5.41, 5.74) is 0.630. The van der Waals surface area contributed by atoms with Crippen molar-refractivity contribution in [2.75, 3.05) is 13.1 Å². The van der Waals surface area contributed by atoms with E-state index in [1.807, 2.05) is 32.9 Å². The van der Waals surface area contributed by atoms with Gasteiger partial charge in [0, 0.05) is 6.54 Å². The zero-order valence-electron chi connectivity index (χ0n) is 14.2. The first-order valence-corrected chi connectivity index (χ1v) is 8.04. The van der Waals surface area contributed by atoms with Crippen molar-refractivity contribution in [1.29, 1.82) is 0 Å². The number of guanidine groups is 1. The molecule has 24 heavy (non-hydrogen) atoms. The molecule has 1 heterocycles. The third kappa shape index (κ3) is 5.09. The normalized spacial score (nSPS) is 14.3. The highest BCUT2D eigenvalue weighted by Gasteiger charge is 2.12. The van der Waals surface area contributed by atoms with Crippen LogP contribution in [0.2, 0.25) is 0 Å². The van der Waals surface area contributed by atoms with Crippen molar-refractivity contribution in [2.24, 2.45) is 4.99 Å². The third-order valence-corrected chi connectivity index (χ3v) is 3.56. The Bertz CT molecular complexity index is 667. The number of aliphatic hydroxyl groups is 1. The predicted octanol–water partition coefficient (Wildman–Crippen LogP) is 3.08. The molecule has 0 saturated carbocycles. The molecule has 1 aromatic carbocycles. The molecule has 0 radical (unpaired) electrons. The standard InChI is InChI=1S/C18H24FN3O2/c1-4-20-18(22-13(3)17-10-5-12(2)24-17)21-11-16(23)14-6-8-15(19)9-7-14/h5-10,13,16,23H,4,11H2,1-3H3,(H2,20,21,22). The Balaban J connectivity index is 2.00. The van der Waals surface area contributed by atoms with Crippen LogP contribution in [0.3, 0.4) is 0 Å². The van der Waals surface area contributed by atoms with E-state index in [1.165, 1.54) is 12.1 Å². The van der Waals surface area contributed by atoms with Gasteiger partial charge in [-0.2, -0.15) is 0 Å². The van der Waals surface area contributed by atoms with Gasteiger partial charge in [0.05, 0.1) is 18.7 Å². The number of aryl methyl sites for hydroxylation is 1. The maximum atomic E-state index is 12.9. The molecule has 0 spiro atoms. The number of nitrogens with one attached hydrogen (secondary N) is 2. The Morgan fingerprint density at radius 2 is 1.96 bits per heavy atom. The van der Waals surface area contributed by atoms with Gasteiger partial charge in [-0.25, -0.2) is 4.39 Å². The SMILES string of the molecule is CCNC(=NCC(O)c1ccc(F)cc1)NC(C)c1ccc(C)o1. The van der Waals surface area contributed by atoms with Gasteiger partial charge in [-0.1, -0.05) is 12.1 Å². The van der Waals surface area contributed by atoms with E-state index in [2.05, 4.69) is 15.6 Å². The molecular formula is C18H24FN3O2. The second-order valence-electron chi connectivity index (χ2n) is 5.60. The maximum Gasteiger partial charge on any atom is 0.191 e. The summed E-state index contributed by atoms with van der Waals surface area (Å²) < 4.78 is 18.5. The molecule has 5 nitrogen and oxygen atoms in total. The van der Waals surface area contributed by atoms with Crippen LogP contribution < -0.4 is 10.6 Å². The van der Waals surface area contributed by atoms with Crippen LogP contribution >= 0.6 is 0 Å². The molecule has 0 aliphatic carbocycles. The molecule has 1 aromatic heterocycles. The molecule has 2 aromatic rings. The number of aliphatic hydroxyl groups excluding tert-OH is 1. The van der Waals surface area contributed by atoms with E-state index < -0.39 is 6.10 Å². The van der Waals surface area contributed by atoms with Crippen LogP contribution in [0.4, 0.5) is 4.39 Å². The van der Waals surface area contributed by atoms with Crippen molar-refractivity contribution in [3.63, 3.8) is 0 Å². The Labute approximate surface area is 141 Å². The first-order chi connectivity index (χ1) is 11.5. The van der Waals surface area contributed by atoms with Crippen LogP contribution in [-0.2, 0) is 0 Å². The van der Waals surface area contributed by atoms with Gasteiger partial charge in [0.2, 0.25) is 0 Å². The molecule has 0 saturated heterocycles. The van der Waals surface area contributed by atoms with Gasteiger partial charge in [0.25, 0.3) is 0 Å². The minimum Gasteiger partial charge on any atom is -0.464 e. The van der Waals surface area contributed by atoms with Crippen molar-refractivity contribution in [3.8, 4) is 0 Å². The molecule has 6 heteroatoms. The number of halogens is 1. The number of hydrogen-bond acceptors (Lipinski definition) is 3. The van der Waals surface area contributed by atoms with E-state index >= 15 is 0 Å². The zero-order chi connectivity index (χ0) is 17.5. The lowest BCUT2D eigenvalue weighted by atomic mass is 10.1. The molecule has 0 bridgehead atoms. The van der Waals surface area contributed by atoms with E-state index in [0.717, 1.165) is 11.5 Å². The van der Waals surface area contributed by atoms with Gasteiger partial charge in [0.1, 0.15) is 17.3 Å². The largest absolute Gasteiger partial charge is 0.464 e. The van der Waals surface area contributed by atoms with Gasteiger partial charge in [0.15, 0.2) is 5.96 Å². The number of furan rings is 1. The number of benzene rings is 1. The van der Waals surface area contributed by atoms with Crippen LogP contribution in [0.15, 0.2) is 45.8 Å². The summed E-state index contributed by atoms with van der Waals surface area (Å²) in [7, 11) is 0. The monoisotopic (exact) mass is 333 g/mol. The fraction of sp³-hybridized carbons (Fsp3) is 0.389. The van der Waals surface area contributed by atoms with Crippen molar-refractivity contribution < 1.29 is 13.9 Å². The fourth-order valence-corrected chi connectivity index (χ4v) is 2.25. The second kappa shape index (κ2) is 8.49. The lowest BCUT2D eigenvalue weighted by Crippen LogP contribution is -2.39. The summed E-state index contributed by atoms with van der Waals surface area (Å²) in [6.45, 7) is 6.71. The lowest BCUT2D eigenvalue weighted by Gasteiger charge is -2.17. The highest BCUT2D eigenvalue weighted by atomic mass is 19.1. The summed E-state index contributed by atoms with van der Waals surface area (Å²) in [5, 5.41) is 16.5. The number of rotatable bonds is 6. The zero-order valence-corrected chi connectivity index (χ0v) is 14.2. The molecule has 2 atom stereocenters. The minimum atomic E-state index is -0.790. The third-order valence-electron chi connectivity index (χ3n) is 3.56. The van der Waals surface area contributed by atoms with E-state index in [-0.39, 0.29) is 18.4 Å². The van der Waals surface area contributed by atoms with Crippen molar-refractivity contribution in [1.82, 2.24) is 10.6 Å². The summed E-state index contributed by atoms with van der Waals surface area (Å²) in [4.78, 5) is 4.39. The number of nitrogens with zero attached hydrogens (tertiary/aromatic N) is 1. The van der Waals surface area contributed by atoms with Gasteiger partial charge >= 0.3 is 0 Å². The smallest absolute Gasteiger partial charge is 0.191 e. The minimum absolute atomic E-state index is 0.0561. The van der Waals surface area contributed by atoms with Gasteiger partial charge in [-0.15, -0.1) is 0 Å². The summed E-state index contributed by atoms with van der Waals surface area (Å²) in [6.07, 6.45) is -0.790. The van der Waals surface area contributed by atoms with Crippen LogP contribution in [-0.4, -0.2) is 24.2 Å². The molecule has 0 fully saturated rings. The first kappa shape index (κ1) is 18.0. The summed E-state index contributed by atoms with van der Waals surface area (Å²) in [6, 6.07) is 9.55. The molecule has 130 valence electrons. The Morgan fingerprint density at radius 1 is 1.25 bits per heavy atom. The fourth-order valence-electron chi connectivity index (χ4n) is 2.25. The highest BCUT2D eigenvalue weighted by molar-refractivity contribution is 5.80. The topological polar surface area (TPSA) is 69.8 Å². The van der Waals surface area contributed by atoms with Gasteiger partial charge in [-0.05, 0) is 50.6 Å². The summed E-state index contributed by atoms with van der Waals surface area (Å²) in [5.74, 6) is 1.93. The molecular weight excluding hydrogens is 309 g/mol. The molecule has 3 N–H and O–H groups in total. The van der Waals surface area contributed by atoms with E-state index in [1.54, 1.807) is 12.1 Å². The van der Waals surface area contributed by atoms with Crippen LogP contribution in [0, 0.1) is 12.7 Å². The molecule has 2 unspecified atom stereocenters. The molecule has 0 aliphatic heterocycles. The molecule has 2 rings (SSSR count). The van der Waals surface area contributed by atoms with E-state index in [9.17, 15) is 9.50 Å². The van der Waals surface area contributed by atoms with E-state index in [0.29, 0.717) is 18.1 Å². The first-order valence-electron chi connectivity index (χ1n) is 8.04. The number of aliphatic imine (C=N–C) groups is 1. The van der Waals surface area contributed by atoms with Crippen molar-refractivity contribution in [3.05, 3.63) is 59.3 Å². The summed E-state index contributed by atoms with van der Waals surface area (Å²) >= 11 is 0. The van der Waals surface area contributed by atoms with Gasteiger partial charge < -0.3 is 20.2 Å². The van der Waals surface area contributed by atoms with Crippen molar-refractivity contribution >= 4 is 5.96 Å². The van der Waals surface area contributed by atoms with Crippen LogP contribution in [0.25, 0.3) is 0 Å².